The topological polar surface area (TPSA) is 22.2 Å². The molecule has 0 heterocycles. The normalized spacial score (nSPS) is 15.1. The van der Waals surface area contributed by atoms with Crippen molar-refractivity contribution in [1.82, 2.24) is 19.6 Å². The quantitative estimate of drug-likeness (QED) is 0.477. The zero-order valence-electron chi connectivity index (χ0n) is 17.0. The molecule has 140 valence electrons. The summed E-state index contributed by atoms with van der Waals surface area (Å²) < 4.78 is 6.13. The Morgan fingerprint density at radius 1 is 0.565 bits per heavy atom. The summed E-state index contributed by atoms with van der Waals surface area (Å²) in [7, 11) is 17.2. The van der Waals surface area contributed by atoms with Gasteiger partial charge in [-0.05, 0) is 94.1 Å². The van der Waals surface area contributed by atoms with Crippen LogP contribution in [0.4, 0.5) is 0 Å². The van der Waals surface area contributed by atoms with Crippen LogP contribution < -0.4 is 0 Å². The Balaban J connectivity index is 4.25. The Labute approximate surface area is 145 Å². The van der Waals surface area contributed by atoms with Crippen LogP contribution >= 0.6 is 0 Å². The third kappa shape index (κ3) is 15.1. The molecule has 0 aliphatic carbocycles. The van der Waals surface area contributed by atoms with E-state index >= 15 is 0 Å². The van der Waals surface area contributed by atoms with Gasteiger partial charge in [-0.25, -0.2) is 0 Å². The van der Waals surface area contributed by atoms with Gasteiger partial charge < -0.3 is 24.3 Å². The maximum absolute atomic E-state index is 6.13. The van der Waals surface area contributed by atoms with Crippen LogP contribution in [0.25, 0.3) is 0 Å². The number of hydrogen-bond donors (Lipinski definition) is 0. The Morgan fingerprint density at radius 3 is 1.17 bits per heavy atom. The average Bonchev–Trinajstić information content (AvgIpc) is 2.40. The number of ether oxygens (including phenoxy) is 1. The summed E-state index contributed by atoms with van der Waals surface area (Å²) in [6, 6.07) is 0. The SMILES string of the molecule is CN(C)CCC(COCC(CCN(C)C)CN(C)C)CN(C)C. The van der Waals surface area contributed by atoms with Crippen LogP contribution in [0.3, 0.4) is 0 Å². The summed E-state index contributed by atoms with van der Waals surface area (Å²) in [5.74, 6) is 1.22. The predicted molar refractivity (Wildman–Crippen MR) is 101 cm³/mol. The van der Waals surface area contributed by atoms with Gasteiger partial charge in [0.2, 0.25) is 0 Å². The van der Waals surface area contributed by atoms with Gasteiger partial charge in [-0.15, -0.1) is 0 Å². The molecule has 0 radical (unpaired) electrons. The number of rotatable bonds is 14. The molecule has 2 unspecified atom stereocenters. The van der Waals surface area contributed by atoms with Gasteiger partial charge in [0.15, 0.2) is 0 Å². The van der Waals surface area contributed by atoms with E-state index in [1.807, 2.05) is 0 Å². The minimum Gasteiger partial charge on any atom is -0.381 e. The summed E-state index contributed by atoms with van der Waals surface area (Å²) in [5, 5.41) is 0. The molecule has 0 aromatic rings. The predicted octanol–water partition coefficient (Wildman–Crippen LogP) is 1.26. The standard InChI is InChI=1S/C18H42N4O/c1-19(2)11-9-17(13-21(5)6)15-23-16-18(14-22(7)8)10-12-20(3)4/h17-18H,9-16H2,1-8H3. The van der Waals surface area contributed by atoms with Crippen LogP contribution in [-0.4, -0.2) is 115 Å². The smallest absolute Gasteiger partial charge is 0.0507 e. The molecule has 2 atom stereocenters. The molecule has 0 aromatic carbocycles. The zero-order chi connectivity index (χ0) is 17.8. The molecule has 23 heavy (non-hydrogen) atoms. The first-order valence-electron chi connectivity index (χ1n) is 8.87. The van der Waals surface area contributed by atoms with Crippen molar-refractivity contribution in [3.8, 4) is 0 Å². The first-order chi connectivity index (χ1) is 10.7. The minimum atomic E-state index is 0.612. The molecule has 5 heteroatoms. The van der Waals surface area contributed by atoms with Crippen molar-refractivity contribution in [1.29, 1.82) is 0 Å². The lowest BCUT2D eigenvalue weighted by molar-refractivity contribution is 0.0483. The highest BCUT2D eigenvalue weighted by atomic mass is 16.5. The van der Waals surface area contributed by atoms with Gasteiger partial charge >= 0.3 is 0 Å². The maximum atomic E-state index is 6.13. The van der Waals surface area contributed by atoms with Crippen molar-refractivity contribution in [3.63, 3.8) is 0 Å². The van der Waals surface area contributed by atoms with Crippen LogP contribution in [0.1, 0.15) is 12.8 Å². The molecule has 0 rings (SSSR count). The lowest BCUT2D eigenvalue weighted by Gasteiger charge is -2.26. The molecule has 0 spiro atoms. The minimum absolute atomic E-state index is 0.612. The van der Waals surface area contributed by atoms with E-state index in [4.69, 9.17) is 4.74 Å². The molecule has 0 aliphatic heterocycles. The molecule has 0 aromatic heterocycles. The van der Waals surface area contributed by atoms with Crippen molar-refractivity contribution >= 4 is 0 Å². The Morgan fingerprint density at radius 2 is 0.913 bits per heavy atom. The average molecular weight is 331 g/mol. The highest BCUT2D eigenvalue weighted by Gasteiger charge is 2.15. The Hall–Kier alpha value is -0.200. The molecular weight excluding hydrogens is 288 g/mol. The Bertz CT molecular complexity index is 244. The van der Waals surface area contributed by atoms with Crippen molar-refractivity contribution < 1.29 is 4.74 Å². The monoisotopic (exact) mass is 330 g/mol. The molecule has 5 nitrogen and oxygen atoms in total. The van der Waals surface area contributed by atoms with Crippen LogP contribution in [0, 0.1) is 11.8 Å². The van der Waals surface area contributed by atoms with Gasteiger partial charge in [0.1, 0.15) is 0 Å². The van der Waals surface area contributed by atoms with E-state index in [1.54, 1.807) is 0 Å². The Kier molecular flexibility index (Phi) is 13.0. The molecule has 0 saturated heterocycles. The number of nitrogens with zero attached hydrogens (tertiary/aromatic N) is 4. The van der Waals surface area contributed by atoms with Gasteiger partial charge in [0.05, 0.1) is 13.2 Å². The van der Waals surface area contributed by atoms with Crippen LogP contribution in [0.5, 0.6) is 0 Å². The van der Waals surface area contributed by atoms with E-state index in [-0.39, 0.29) is 0 Å². The molecule has 0 aliphatic rings. The summed E-state index contributed by atoms with van der Waals surface area (Å²) in [6.45, 7) is 6.21. The van der Waals surface area contributed by atoms with Crippen molar-refractivity contribution in [3.05, 3.63) is 0 Å². The highest BCUT2D eigenvalue weighted by Crippen LogP contribution is 2.10. The van der Waals surface area contributed by atoms with E-state index in [9.17, 15) is 0 Å². The second-order valence-electron chi connectivity index (χ2n) is 7.98. The first-order valence-corrected chi connectivity index (χ1v) is 8.87. The van der Waals surface area contributed by atoms with E-state index in [1.165, 1.54) is 12.8 Å². The molecular formula is C18H42N4O. The lowest BCUT2D eigenvalue weighted by atomic mass is 10.0. The van der Waals surface area contributed by atoms with Crippen LogP contribution in [0.15, 0.2) is 0 Å². The molecule has 0 bridgehead atoms. The fourth-order valence-electron chi connectivity index (χ4n) is 2.77. The van der Waals surface area contributed by atoms with E-state index in [0.29, 0.717) is 11.8 Å². The van der Waals surface area contributed by atoms with Gasteiger partial charge in [0.25, 0.3) is 0 Å². The van der Waals surface area contributed by atoms with E-state index in [0.717, 1.165) is 39.4 Å². The van der Waals surface area contributed by atoms with Gasteiger partial charge in [-0.3, -0.25) is 0 Å². The molecule has 0 fully saturated rings. The fraction of sp³-hybridized carbons (Fsp3) is 1.00. The third-order valence-corrected chi connectivity index (χ3v) is 3.92. The fourth-order valence-corrected chi connectivity index (χ4v) is 2.77. The second kappa shape index (κ2) is 13.1. The first kappa shape index (κ1) is 22.8. The van der Waals surface area contributed by atoms with Crippen LogP contribution in [-0.2, 0) is 4.74 Å². The zero-order valence-corrected chi connectivity index (χ0v) is 17.0. The number of hydrogen-bond acceptors (Lipinski definition) is 5. The summed E-state index contributed by atoms with van der Waals surface area (Å²) >= 11 is 0. The van der Waals surface area contributed by atoms with E-state index in [2.05, 4.69) is 76.0 Å². The second-order valence-corrected chi connectivity index (χ2v) is 7.98. The largest absolute Gasteiger partial charge is 0.381 e. The third-order valence-electron chi connectivity index (χ3n) is 3.92. The molecule has 0 N–H and O–H groups in total. The van der Waals surface area contributed by atoms with Crippen molar-refractivity contribution in [2.75, 3.05) is 95.8 Å². The highest BCUT2D eigenvalue weighted by molar-refractivity contribution is 4.66. The van der Waals surface area contributed by atoms with Crippen molar-refractivity contribution in [2.24, 2.45) is 11.8 Å². The summed E-state index contributed by atoms with van der Waals surface area (Å²) in [5.41, 5.74) is 0. The van der Waals surface area contributed by atoms with Crippen LogP contribution in [0.2, 0.25) is 0 Å². The lowest BCUT2D eigenvalue weighted by Crippen LogP contribution is -2.31. The molecule has 0 saturated carbocycles. The summed E-state index contributed by atoms with van der Waals surface area (Å²) in [4.78, 5) is 9.06. The van der Waals surface area contributed by atoms with Gasteiger partial charge in [-0.1, -0.05) is 0 Å². The van der Waals surface area contributed by atoms with Crippen molar-refractivity contribution in [2.45, 2.75) is 12.8 Å². The van der Waals surface area contributed by atoms with Gasteiger partial charge in [-0.2, -0.15) is 0 Å². The summed E-state index contributed by atoms with van der Waals surface area (Å²) in [6.07, 6.45) is 2.39. The molecule has 0 amide bonds. The van der Waals surface area contributed by atoms with E-state index < -0.39 is 0 Å². The maximum Gasteiger partial charge on any atom is 0.0507 e. The van der Waals surface area contributed by atoms with Gasteiger partial charge in [0, 0.05) is 13.1 Å².